The second kappa shape index (κ2) is 3.60. The van der Waals surface area contributed by atoms with Crippen molar-refractivity contribution in [2.75, 3.05) is 7.05 Å². The summed E-state index contributed by atoms with van der Waals surface area (Å²) in [6.07, 6.45) is 4.18. The summed E-state index contributed by atoms with van der Waals surface area (Å²) in [4.78, 5) is 0. The standard InChI is InChI=1S/C13H16BrN/c1-15-13-7-11(8-2-3-8)10-5-4-9(14)6-12(10)13/h4-6,8,11,13,15H,2-3,7H2,1H3. The van der Waals surface area contributed by atoms with Crippen LogP contribution >= 0.6 is 15.9 Å². The molecule has 1 N–H and O–H groups in total. The topological polar surface area (TPSA) is 12.0 Å². The van der Waals surface area contributed by atoms with Crippen LogP contribution in [0.4, 0.5) is 0 Å². The molecule has 80 valence electrons. The molecular weight excluding hydrogens is 250 g/mol. The minimum atomic E-state index is 0.572. The van der Waals surface area contributed by atoms with Gasteiger partial charge in [-0.1, -0.05) is 22.0 Å². The Morgan fingerprint density at radius 3 is 2.73 bits per heavy atom. The van der Waals surface area contributed by atoms with Gasteiger partial charge in [-0.2, -0.15) is 0 Å². The molecule has 2 aliphatic rings. The van der Waals surface area contributed by atoms with Gasteiger partial charge in [0.15, 0.2) is 0 Å². The van der Waals surface area contributed by atoms with Crippen LogP contribution in [-0.2, 0) is 0 Å². The molecule has 0 radical (unpaired) electrons. The normalized spacial score (nSPS) is 29.2. The van der Waals surface area contributed by atoms with Crippen LogP contribution in [0.5, 0.6) is 0 Å². The van der Waals surface area contributed by atoms with Gasteiger partial charge in [0.25, 0.3) is 0 Å². The largest absolute Gasteiger partial charge is 0.313 e. The van der Waals surface area contributed by atoms with E-state index in [0.29, 0.717) is 6.04 Å². The van der Waals surface area contributed by atoms with Crippen LogP contribution in [-0.4, -0.2) is 7.05 Å². The van der Waals surface area contributed by atoms with Crippen LogP contribution in [0.3, 0.4) is 0 Å². The van der Waals surface area contributed by atoms with Gasteiger partial charge in [0.2, 0.25) is 0 Å². The summed E-state index contributed by atoms with van der Waals surface area (Å²) in [7, 11) is 2.07. The van der Waals surface area contributed by atoms with Crippen molar-refractivity contribution in [3.63, 3.8) is 0 Å². The predicted molar refractivity (Wildman–Crippen MR) is 66.0 cm³/mol. The van der Waals surface area contributed by atoms with E-state index < -0.39 is 0 Å². The Morgan fingerprint density at radius 2 is 2.07 bits per heavy atom. The molecule has 1 nitrogen and oxygen atoms in total. The summed E-state index contributed by atoms with van der Waals surface area (Å²) in [6, 6.07) is 7.37. The van der Waals surface area contributed by atoms with Gasteiger partial charge in [0.05, 0.1) is 0 Å². The third-order valence-electron chi connectivity index (χ3n) is 3.85. The van der Waals surface area contributed by atoms with Crippen LogP contribution < -0.4 is 5.32 Å². The predicted octanol–water partition coefficient (Wildman–Crippen LogP) is 3.61. The van der Waals surface area contributed by atoms with Gasteiger partial charge in [-0.25, -0.2) is 0 Å². The van der Waals surface area contributed by atoms with Crippen molar-refractivity contribution in [3.05, 3.63) is 33.8 Å². The maximum Gasteiger partial charge on any atom is 0.0326 e. The first kappa shape index (κ1) is 9.86. The highest BCUT2D eigenvalue weighted by Crippen LogP contribution is 2.52. The number of hydrogen-bond acceptors (Lipinski definition) is 1. The molecule has 0 saturated heterocycles. The second-order valence-electron chi connectivity index (χ2n) is 4.79. The zero-order valence-corrected chi connectivity index (χ0v) is 10.5. The molecule has 1 aromatic carbocycles. The third-order valence-corrected chi connectivity index (χ3v) is 4.35. The summed E-state index contributed by atoms with van der Waals surface area (Å²) in [5, 5.41) is 3.44. The molecule has 0 heterocycles. The smallest absolute Gasteiger partial charge is 0.0326 e. The summed E-state index contributed by atoms with van der Waals surface area (Å²) >= 11 is 3.57. The van der Waals surface area contributed by atoms with Gasteiger partial charge in [0.1, 0.15) is 0 Å². The zero-order valence-electron chi connectivity index (χ0n) is 8.96. The molecular formula is C13H16BrN. The van der Waals surface area contributed by atoms with Crippen molar-refractivity contribution in [2.45, 2.75) is 31.2 Å². The number of benzene rings is 1. The van der Waals surface area contributed by atoms with Gasteiger partial charge >= 0.3 is 0 Å². The van der Waals surface area contributed by atoms with Crippen LogP contribution in [0.15, 0.2) is 22.7 Å². The van der Waals surface area contributed by atoms with Crippen molar-refractivity contribution in [1.82, 2.24) is 5.32 Å². The average Bonchev–Trinajstić information content (AvgIpc) is 3.01. The van der Waals surface area contributed by atoms with Gasteiger partial charge < -0.3 is 5.32 Å². The number of fused-ring (bicyclic) bond motifs is 1. The fourth-order valence-corrected chi connectivity index (χ4v) is 3.29. The molecule has 0 bridgehead atoms. The lowest BCUT2D eigenvalue weighted by molar-refractivity contribution is 0.502. The van der Waals surface area contributed by atoms with Crippen LogP contribution in [0, 0.1) is 5.92 Å². The molecule has 2 unspecified atom stereocenters. The monoisotopic (exact) mass is 265 g/mol. The average molecular weight is 266 g/mol. The molecule has 2 atom stereocenters. The first-order chi connectivity index (χ1) is 7.29. The van der Waals surface area contributed by atoms with E-state index in [1.165, 1.54) is 29.3 Å². The lowest BCUT2D eigenvalue weighted by Gasteiger charge is -2.09. The highest BCUT2D eigenvalue weighted by atomic mass is 79.9. The Kier molecular flexibility index (Phi) is 2.37. The van der Waals surface area contributed by atoms with Crippen molar-refractivity contribution in [2.24, 2.45) is 5.92 Å². The molecule has 3 rings (SSSR count). The van der Waals surface area contributed by atoms with Crippen molar-refractivity contribution >= 4 is 15.9 Å². The maximum absolute atomic E-state index is 3.57. The fraction of sp³-hybridized carbons (Fsp3) is 0.538. The van der Waals surface area contributed by atoms with Crippen molar-refractivity contribution in [3.8, 4) is 0 Å². The number of hydrogen-bond donors (Lipinski definition) is 1. The Balaban J connectivity index is 2.02. The first-order valence-corrected chi connectivity index (χ1v) is 6.55. The van der Waals surface area contributed by atoms with Crippen LogP contribution in [0.1, 0.15) is 42.3 Å². The molecule has 15 heavy (non-hydrogen) atoms. The number of halogens is 1. The van der Waals surface area contributed by atoms with Gasteiger partial charge in [-0.3, -0.25) is 0 Å². The minimum Gasteiger partial charge on any atom is -0.313 e. The molecule has 2 aliphatic carbocycles. The maximum atomic E-state index is 3.57. The van der Waals surface area contributed by atoms with E-state index in [4.69, 9.17) is 0 Å². The summed E-state index contributed by atoms with van der Waals surface area (Å²) < 4.78 is 1.21. The molecule has 0 amide bonds. The molecule has 0 spiro atoms. The number of nitrogens with one attached hydrogen (secondary N) is 1. The van der Waals surface area contributed by atoms with E-state index in [9.17, 15) is 0 Å². The highest BCUT2D eigenvalue weighted by Gasteiger charge is 2.39. The van der Waals surface area contributed by atoms with Crippen LogP contribution in [0.25, 0.3) is 0 Å². The van der Waals surface area contributed by atoms with E-state index in [1.807, 2.05) is 0 Å². The first-order valence-electron chi connectivity index (χ1n) is 5.76. The van der Waals surface area contributed by atoms with Gasteiger partial charge in [-0.05, 0) is 61.4 Å². The SMILES string of the molecule is CNC1CC(C2CC2)c2ccc(Br)cc21. The minimum absolute atomic E-state index is 0.572. The molecule has 1 saturated carbocycles. The lowest BCUT2D eigenvalue weighted by atomic mass is 9.96. The Labute approximate surface area is 99.4 Å². The van der Waals surface area contributed by atoms with E-state index in [1.54, 1.807) is 5.56 Å². The molecule has 2 heteroatoms. The van der Waals surface area contributed by atoms with E-state index in [-0.39, 0.29) is 0 Å². The second-order valence-corrected chi connectivity index (χ2v) is 5.71. The van der Waals surface area contributed by atoms with Gasteiger partial charge in [-0.15, -0.1) is 0 Å². The van der Waals surface area contributed by atoms with E-state index in [2.05, 4.69) is 46.5 Å². The third kappa shape index (κ3) is 1.64. The summed E-state index contributed by atoms with van der Waals surface area (Å²) in [5.41, 5.74) is 3.11. The lowest BCUT2D eigenvalue weighted by Crippen LogP contribution is -2.13. The highest BCUT2D eigenvalue weighted by molar-refractivity contribution is 9.10. The van der Waals surface area contributed by atoms with Gasteiger partial charge in [0, 0.05) is 10.5 Å². The van der Waals surface area contributed by atoms with Crippen LogP contribution in [0.2, 0.25) is 0 Å². The zero-order chi connectivity index (χ0) is 10.4. The van der Waals surface area contributed by atoms with E-state index in [0.717, 1.165) is 11.8 Å². The van der Waals surface area contributed by atoms with E-state index >= 15 is 0 Å². The van der Waals surface area contributed by atoms with Crippen molar-refractivity contribution in [1.29, 1.82) is 0 Å². The molecule has 0 aromatic heterocycles. The Bertz CT molecular complexity index is 384. The summed E-state index contributed by atoms with van der Waals surface area (Å²) in [6.45, 7) is 0. The quantitative estimate of drug-likeness (QED) is 0.862. The molecule has 1 aromatic rings. The summed E-state index contributed by atoms with van der Waals surface area (Å²) in [5.74, 6) is 1.80. The van der Waals surface area contributed by atoms with Crippen molar-refractivity contribution < 1.29 is 0 Å². The fourth-order valence-electron chi connectivity index (χ4n) is 2.91. The Hall–Kier alpha value is -0.340. The number of rotatable bonds is 2. The Morgan fingerprint density at radius 1 is 1.27 bits per heavy atom. The molecule has 1 fully saturated rings. The molecule has 0 aliphatic heterocycles.